The van der Waals surface area contributed by atoms with E-state index >= 15 is 0 Å². The summed E-state index contributed by atoms with van der Waals surface area (Å²) in [5.74, 6) is 1.04. The Morgan fingerprint density at radius 2 is 1.71 bits per heavy atom. The first-order chi connectivity index (χ1) is 16.7. The summed E-state index contributed by atoms with van der Waals surface area (Å²) in [4.78, 5) is 14.8. The highest BCUT2D eigenvalue weighted by molar-refractivity contribution is 6.30. The highest BCUT2D eigenvalue weighted by Gasteiger charge is 2.36. The van der Waals surface area contributed by atoms with E-state index in [9.17, 15) is 18.0 Å². The number of fused-ring (bicyclic) bond motifs is 1. The Balaban J connectivity index is 1.73. The molecular weight excluding hydrogens is 483 g/mol. The van der Waals surface area contributed by atoms with E-state index in [0.717, 1.165) is 17.7 Å². The number of ether oxygens (including phenoxy) is 3. The van der Waals surface area contributed by atoms with Crippen molar-refractivity contribution in [1.29, 1.82) is 0 Å². The molecule has 5 nitrogen and oxygen atoms in total. The zero-order valence-corrected chi connectivity index (χ0v) is 19.8. The number of alkyl halides is 3. The van der Waals surface area contributed by atoms with Crippen molar-refractivity contribution >= 4 is 17.5 Å². The fraction of sp³-hybridized carbons (Fsp3) is 0.269. The van der Waals surface area contributed by atoms with Gasteiger partial charge in [-0.05, 0) is 71.6 Å². The summed E-state index contributed by atoms with van der Waals surface area (Å²) in [6.07, 6.45) is -4.02. The second-order valence-corrected chi connectivity index (χ2v) is 8.45. The Morgan fingerprint density at radius 1 is 1.03 bits per heavy atom. The number of amides is 1. The number of hydrogen-bond acceptors (Lipinski definition) is 4. The molecule has 0 aromatic heterocycles. The van der Waals surface area contributed by atoms with Crippen LogP contribution in [0.4, 0.5) is 13.2 Å². The first kappa shape index (κ1) is 24.7. The summed E-state index contributed by atoms with van der Waals surface area (Å²) < 4.78 is 56.9. The predicted molar refractivity (Wildman–Crippen MR) is 125 cm³/mol. The van der Waals surface area contributed by atoms with Gasteiger partial charge in [0.1, 0.15) is 5.75 Å². The van der Waals surface area contributed by atoms with Crippen molar-refractivity contribution in [3.63, 3.8) is 0 Å². The highest BCUT2D eigenvalue weighted by Crippen LogP contribution is 2.42. The van der Waals surface area contributed by atoms with E-state index in [1.165, 1.54) is 20.3 Å². The Kier molecular flexibility index (Phi) is 7.12. The van der Waals surface area contributed by atoms with Gasteiger partial charge in [-0.3, -0.25) is 4.79 Å². The highest BCUT2D eigenvalue weighted by atomic mass is 35.5. The Hall–Kier alpha value is -3.39. The van der Waals surface area contributed by atoms with E-state index < -0.39 is 17.8 Å². The molecule has 0 aliphatic carbocycles. The molecule has 0 N–H and O–H groups in total. The van der Waals surface area contributed by atoms with E-state index in [0.29, 0.717) is 46.4 Å². The van der Waals surface area contributed by atoms with Crippen molar-refractivity contribution in [3.8, 4) is 17.2 Å². The summed E-state index contributed by atoms with van der Waals surface area (Å²) >= 11 is 5.89. The van der Waals surface area contributed by atoms with Crippen molar-refractivity contribution in [2.45, 2.75) is 18.6 Å². The van der Waals surface area contributed by atoms with E-state index in [4.69, 9.17) is 25.8 Å². The minimum atomic E-state index is -4.52. The van der Waals surface area contributed by atoms with E-state index in [-0.39, 0.29) is 12.5 Å². The molecule has 1 heterocycles. The van der Waals surface area contributed by atoms with Crippen LogP contribution < -0.4 is 14.2 Å². The molecule has 1 unspecified atom stereocenters. The summed E-state index contributed by atoms with van der Waals surface area (Å²) in [5.41, 5.74) is 1.10. The monoisotopic (exact) mass is 505 g/mol. The SMILES string of the molecule is COc1cc2c(cc1OC)C(c1cccc(C(F)(F)F)c1)N(C(=O)COc1ccc(Cl)cc1)CC2. The lowest BCUT2D eigenvalue weighted by molar-refractivity contribution is -0.137. The molecule has 1 amide bonds. The topological polar surface area (TPSA) is 48.0 Å². The fourth-order valence-corrected chi connectivity index (χ4v) is 4.34. The predicted octanol–water partition coefficient (Wildman–Crippen LogP) is 5.93. The van der Waals surface area contributed by atoms with Crippen molar-refractivity contribution in [3.05, 3.63) is 87.9 Å². The van der Waals surface area contributed by atoms with Crippen LogP contribution >= 0.6 is 11.6 Å². The number of carbonyl (C=O) groups excluding carboxylic acids is 1. The average Bonchev–Trinajstić information content (AvgIpc) is 2.86. The van der Waals surface area contributed by atoms with Crippen LogP contribution in [0.15, 0.2) is 60.7 Å². The van der Waals surface area contributed by atoms with Crippen molar-refractivity contribution in [1.82, 2.24) is 4.90 Å². The molecular formula is C26H23ClF3NO4. The molecule has 0 fully saturated rings. The van der Waals surface area contributed by atoms with Crippen LogP contribution in [0, 0.1) is 0 Å². The van der Waals surface area contributed by atoms with E-state index in [1.807, 2.05) is 0 Å². The number of rotatable bonds is 6. The Bertz CT molecular complexity index is 1210. The van der Waals surface area contributed by atoms with Crippen LogP contribution in [0.1, 0.15) is 28.3 Å². The van der Waals surface area contributed by atoms with Gasteiger partial charge in [-0.25, -0.2) is 0 Å². The number of carbonyl (C=O) groups is 1. The number of hydrogen-bond donors (Lipinski definition) is 0. The second kappa shape index (κ2) is 10.1. The van der Waals surface area contributed by atoms with Crippen molar-refractivity contribution in [2.24, 2.45) is 0 Å². The van der Waals surface area contributed by atoms with Crippen LogP contribution in [-0.2, 0) is 17.4 Å². The maximum Gasteiger partial charge on any atom is 0.416 e. The van der Waals surface area contributed by atoms with Crippen LogP contribution in [0.5, 0.6) is 17.2 Å². The van der Waals surface area contributed by atoms with Crippen molar-refractivity contribution < 1.29 is 32.2 Å². The van der Waals surface area contributed by atoms with E-state index in [1.54, 1.807) is 47.4 Å². The fourth-order valence-electron chi connectivity index (χ4n) is 4.22. The molecule has 0 radical (unpaired) electrons. The zero-order valence-electron chi connectivity index (χ0n) is 19.1. The lowest BCUT2D eigenvalue weighted by Crippen LogP contribution is -2.43. The minimum absolute atomic E-state index is 0.278. The maximum absolute atomic E-state index is 13.5. The van der Waals surface area contributed by atoms with Gasteiger partial charge in [0.05, 0.1) is 25.8 Å². The summed E-state index contributed by atoms with van der Waals surface area (Å²) in [5, 5.41) is 0.533. The van der Waals surface area contributed by atoms with Gasteiger partial charge in [0, 0.05) is 11.6 Å². The zero-order chi connectivity index (χ0) is 25.2. The lowest BCUT2D eigenvalue weighted by atomic mass is 9.87. The van der Waals surface area contributed by atoms with Crippen molar-refractivity contribution in [2.75, 3.05) is 27.4 Å². The molecule has 1 aliphatic rings. The third-order valence-corrected chi connectivity index (χ3v) is 6.15. The Labute approximate surface area is 206 Å². The van der Waals surface area contributed by atoms with Gasteiger partial charge in [0.15, 0.2) is 18.1 Å². The first-order valence-electron chi connectivity index (χ1n) is 10.8. The van der Waals surface area contributed by atoms with Gasteiger partial charge >= 0.3 is 6.18 Å². The van der Waals surface area contributed by atoms with E-state index in [2.05, 4.69) is 0 Å². The molecule has 3 aromatic rings. The molecule has 184 valence electrons. The minimum Gasteiger partial charge on any atom is -0.493 e. The third kappa shape index (κ3) is 5.32. The molecule has 9 heteroatoms. The number of halogens is 4. The van der Waals surface area contributed by atoms with Crippen LogP contribution in [0.25, 0.3) is 0 Å². The van der Waals surface area contributed by atoms with Crippen LogP contribution in [-0.4, -0.2) is 38.2 Å². The molecule has 1 atom stereocenters. The van der Waals surface area contributed by atoms with Gasteiger partial charge in [-0.1, -0.05) is 23.7 Å². The van der Waals surface area contributed by atoms with Crippen LogP contribution in [0.3, 0.4) is 0 Å². The smallest absolute Gasteiger partial charge is 0.416 e. The van der Waals surface area contributed by atoms with Gasteiger partial charge in [0.25, 0.3) is 5.91 Å². The third-order valence-electron chi connectivity index (χ3n) is 5.90. The quantitative estimate of drug-likeness (QED) is 0.417. The summed E-state index contributed by atoms with van der Waals surface area (Å²) in [6.45, 7) is 0.0198. The lowest BCUT2D eigenvalue weighted by Gasteiger charge is -2.38. The average molecular weight is 506 g/mol. The van der Waals surface area contributed by atoms with Gasteiger partial charge in [0.2, 0.25) is 0 Å². The molecule has 0 bridgehead atoms. The molecule has 0 saturated carbocycles. The van der Waals surface area contributed by atoms with Crippen LogP contribution in [0.2, 0.25) is 5.02 Å². The van der Waals surface area contributed by atoms with Gasteiger partial charge in [-0.15, -0.1) is 0 Å². The maximum atomic E-state index is 13.5. The molecule has 1 aliphatic heterocycles. The first-order valence-corrected chi connectivity index (χ1v) is 11.2. The van der Waals surface area contributed by atoms with Gasteiger partial charge < -0.3 is 19.1 Å². The molecule has 4 rings (SSSR count). The standard InChI is InChI=1S/C26H23ClF3NO4/c1-33-22-13-16-10-11-31(24(32)15-35-20-8-6-19(27)7-9-20)25(21(16)14-23(22)34-2)17-4-3-5-18(12-17)26(28,29)30/h3-9,12-14,25H,10-11,15H2,1-2H3. The number of methoxy groups -OCH3 is 2. The molecule has 0 saturated heterocycles. The normalized spacial score (nSPS) is 15.4. The van der Waals surface area contributed by atoms with Gasteiger partial charge in [-0.2, -0.15) is 13.2 Å². The largest absolute Gasteiger partial charge is 0.493 e. The molecule has 3 aromatic carbocycles. The number of benzene rings is 3. The second-order valence-electron chi connectivity index (χ2n) is 8.01. The Morgan fingerprint density at radius 3 is 2.37 bits per heavy atom. The molecule has 0 spiro atoms. The number of nitrogens with zero attached hydrogens (tertiary/aromatic N) is 1. The summed E-state index contributed by atoms with van der Waals surface area (Å²) in [7, 11) is 3.00. The summed E-state index contributed by atoms with van der Waals surface area (Å²) in [6, 6.07) is 14.4. The molecule has 35 heavy (non-hydrogen) atoms.